The maximum Gasteiger partial charge on any atom is 0.251 e. The van der Waals surface area contributed by atoms with E-state index in [1.165, 1.54) is 5.56 Å². The van der Waals surface area contributed by atoms with Crippen molar-refractivity contribution in [2.24, 2.45) is 7.05 Å². The summed E-state index contributed by atoms with van der Waals surface area (Å²) in [5.41, 5.74) is 3.57. The van der Waals surface area contributed by atoms with Gasteiger partial charge in [0.1, 0.15) is 5.52 Å². The van der Waals surface area contributed by atoms with Gasteiger partial charge in [-0.25, -0.2) is 4.68 Å². The molecule has 0 saturated carbocycles. The van der Waals surface area contributed by atoms with Crippen LogP contribution in [-0.2, 0) is 12.8 Å². The molecule has 3 aromatic rings. The highest BCUT2D eigenvalue weighted by Gasteiger charge is 2.08. The average molecular weight is 326 g/mol. The molecule has 0 radical (unpaired) electrons. The second kappa shape index (κ2) is 7.28. The highest BCUT2D eigenvalue weighted by Crippen LogP contribution is 2.13. The number of carbonyl (C=O) groups is 1. The third-order valence-corrected chi connectivity index (χ3v) is 4.55. The molecule has 0 aliphatic rings. The molecule has 0 spiro atoms. The zero-order valence-electron chi connectivity index (χ0n) is 12.9. The molecule has 0 unspecified atom stereocenters. The molecule has 23 heavy (non-hydrogen) atoms. The van der Waals surface area contributed by atoms with Crippen LogP contribution in [0.1, 0.15) is 15.9 Å². The van der Waals surface area contributed by atoms with Gasteiger partial charge in [-0.2, -0.15) is 11.8 Å². The number of rotatable bonds is 6. The van der Waals surface area contributed by atoms with Gasteiger partial charge in [0.05, 0.1) is 5.52 Å². The molecule has 1 heterocycles. The monoisotopic (exact) mass is 326 g/mol. The molecule has 118 valence electrons. The Balaban J connectivity index is 1.47. The van der Waals surface area contributed by atoms with Crippen molar-refractivity contribution in [1.82, 2.24) is 20.3 Å². The summed E-state index contributed by atoms with van der Waals surface area (Å²) in [5, 5.41) is 10.9. The Hall–Kier alpha value is -2.34. The van der Waals surface area contributed by atoms with Crippen molar-refractivity contribution in [3.63, 3.8) is 0 Å². The number of hydrogen-bond donors (Lipinski definition) is 1. The lowest BCUT2D eigenvalue weighted by Crippen LogP contribution is -2.25. The van der Waals surface area contributed by atoms with Gasteiger partial charge in [-0.1, -0.05) is 35.5 Å². The van der Waals surface area contributed by atoms with Crippen LogP contribution in [0, 0.1) is 0 Å². The topological polar surface area (TPSA) is 59.8 Å². The quantitative estimate of drug-likeness (QED) is 0.708. The first-order valence-corrected chi connectivity index (χ1v) is 8.59. The maximum absolute atomic E-state index is 12.2. The highest BCUT2D eigenvalue weighted by atomic mass is 32.2. The number of aromatic nitrogens is 3. The van der Waals surface area contributed by atoms with Crippen LogP contribution in [0.4, 0.5) is 0 Å². The lowest BCUT2D eigenvalue weighted by molar-refractivity contribution is 0.0956. The molecule has 0 aliphatic carbocycles. The minimum atomic E-state index is -0.0714. The number of benzene rings is 2. The van der Waals surface area contributed by atoms with Gasteiger partial charge in [-0.05, 0) is 23.8 Å². The van der Waals surface area contributed by atoms with E-state index in [0.29, 0.717) is 12.1 Å². The van der Waals surface area contributed by atoms with E-state index in [1.54, 1.807) is 16.8 Å². The van der Waals surface area contributed by atoms with Crippen LogP contribution in [-0.4, -0.2) is 33.2 Å². The Bertz CT molecular complexity index is 801. The van der Waals surface area contributed by atoms with Crippen LogP contribution in [0.25, 0.3) is 11.0 Å². The van der Waals surface area contributed by atoms with E-state index in [-0.39, 0.29) is 5.91 Å². The van der Waals surface area contributed by atoms with E-state index in [0.717, 1.165) is 22.5 Å². The Morgan fingerprint density at radius 3 is 2.87 bits per heavy atom. The van der Waals surface area contributed by atoms with Gasteiger partial charge in [-0.15, -0.1) is 5.10 Å². The van der Waals surface area contributed by atoms with Gasteiger partial charge in [-0.3, -0.25) is 4.79 Å². The number of thioether (sulfide) groups is 1. The Morgan fingerprint density at radius 2 is 2.04 bits per heavy atom. The van der Waals surface area contributed by atoms with Gasteiger partial charge in [0.2, 0.25) is 0 Å². The number of nitrogens with one attached hydrogen (secondary N) is 1. The maximum atomic E-state index is 12.2. The van der Waals surface area contributed by atoms with E-state index in [2.05, 4.69) is 27.8 Å². The molecule has 6 heteroatoms. The van der Waals surface area contributed by atoms with Crippen molar-refractivity contribution in [1.29, 1.82) is 0 Å². The zero-order chi connectivity index (χ0) is 16.1. The largest absolute Gasteiger partial charge is 0.351 e. The van der Waals surface area contributed by atoms with Gasteiger partial charge < -0.3 is 5.32 Å². The average Bonchev–Trinajstić information content (AvgIpc) is 2.96. The standard InChI is InChI=1S/C17H18N4OS/c1-21-16-8-7-14(11-15(16)19-20-21)17(22)18-9-10-23-12-13-5-3-2-4-6-13/h2-8,11H,9-10,12H2,1H3,(H,18,22). The smallest absolute Gasteiger partial charge is 0.251 e. The molecule has 2 aromatic carbocycles. The summed E-state index contributed by atoms with van der Waals surface area (Å²) in [6.45, 7) is 0.648. The Kier molecular flexibility index (Phi) is 4.92. The summed E-state index contributed by atoms with van der Waals surface area (Å²) in [7, 11) is 1.83. The fraction of sp³-hybridized carbons (Fsp3) is 0.235. The van der Waals surface area contributed by atoms with Crippen molar-refractivity contribution in [3.05, 3.63) is 59.7 Å². The Labute approximate surface area is 139 Å². The molecular weight excluding hydrogens is 308 g/mol. The molecule has 3 rings (SSSR count). The summed E-state index contributed by atoms with van der Waals surface area (Å²) in [4.78, 5) is 12.2. The number of carbonyl (C=O) groups excluding carboxylic acids is 1. The van der Waals surface area contributed by atoms with E-state index in [4.69, 9.17) is 0 Å². The summed E-state index contributed by atoms with van der Waals surface area (Å²) in [6.07, 6.45) is 0. The molecule has 1 amide bonds. The van der Waals surface area contributed by atoms with E-state index >= 15 is 0 Å². The van der Waals surface area contributed by atoms with E-state index < -0.39 is 0 Å². The van der Waals surface area contributed by atoms with Crippen LogP contribution >= 0.6 is 11.8 Å². The van der Waals surface area contributed by atoms with E-state index in [1.807, 2.05) is 43.1 Å². The molecule has 0 saturated heterocycles. The molecular formula is C17H18N4OS. The van der Waals surface area contributed by atoms with E-state index in [9.17, 15) is 4.79 Å². The molecule has 5 nitrogen and oxygen atoms in total. The van der Waals surface area contributed by atoms with Crippen molar-refractivity contribution >= 4 is 28.7 Å². The summed E-state index contributed by atoms with van der Waals surface area (Å²) < 4.78 is 1.69. The molecule has 1 N–H and O–H groups in total. The number of aryl methyl sites for hydroxylation is 1. The van der Waals surface area contributed by atoms with Gasteiger partial charge in [0.25, 0.3) is 5.91 Å². The van der Waals surface area contributed by atoms with Crippen molar-refractivity contribution in [2.45, 2.75) is 5.75 Å². The summed E-state index contributed by atoms with van der Waals surface area (Å²) in [6, 6.07) is 15.8. The molecule has 0 fully saturated rings. The molecule has 0 atom stereocenters. The van der Waals surface area contributed by atoms with Crippen LogP contribution < -0.4 is 5.32 Å². The van der Waals surface area contributed by atoms with Crippen molar-refractivity contribution in [2.75, 3.05) is 12.3 Å². The third kappa shape index (κ3) is 3.90. The molecule has 0 aliphatic heterocycles. The Morgan fingerprint density at radius 1 is 1.22 bits per heavy atom. The zero-order valence-corrected chi connectivity index (χ0v) is 13.7. The SMILES string of the molecule is Cn1nnc2cc(C(=O)NCCSCc3ccccc3)ccc21. The third-order valence-electron chi connectivity index (χ3n) is 3.52. The highest BCUT2D eigenvalue weighted by molar-refractivity contribution is 7.98. The predicted molar refractivity (Wildman–Crippen MR) is 93.4 cm³/mol. The normalized spacial score (nSPS) is 10.8. The number of fused-ring (bicyclic) bond motifs is 1. The fourth-order valence-corrected chi connectivity index (χ4v) is 3.10. The second-order valence-corrected chi connectivity index (χ2v) is 6.32. The first-order chi connectivity index (χ1) is 11.2. The minimum Gasteiger partial charge on any atom is -0.351 e. The van der Waals surface area contributed by atoms with Crippen LogP contribution in [0.5, 0.6) is 0 Å². The van der Waals surface area contributed by atoms with Crippen LogP contribution in [0.15, 0.2) is 48.5 Å². The van der Waals surface area contributed by atoms with Gasteiger partial charge >= 0.3 is 0 Å². The van der Waals surface area contributed by atoms with Gasteiger partial charge in [0, 0.05) is 30.7 Å². The lowest BCUT2D eigenvalue weighted by atomic mass is 10.2. The first kappa shape index (κ1) is 15.6. The van der Waals surface area contributed by atoms with Gasteiger partial charge in [0.15, 0.2) is 0 Å². The van der Waals surface area contributed by atoms with Crippen LogP contribution in [0.3, 0.4) is 0 Å². The number of nitrogens with zero attached hydrogens (tertiary/aromatic N) is 3. The fourth-order valence-electron chi connectivity index (χ4n) is 2.28. The summed E-state index contributed by atoms with van der Waals surface area (Å²) in [5.74, 6) is 1.77. The molecule has 1 aromatic heterocycles. The van der Waals surface area contributed by atoms with Crippen LogP contribution in [0.2, 0.25) is 0 Å². The molecule has 0 bridgehead atoms. The minimum absolute atomic E-state index is 0.0714. The number of hydrogen-bond acceptors (Lipinski definition) is 4. The van der Waals surface area contributed by atoms with Crippen molar-refractivity contribution in [3.8, 4) is 0 Å². The first-order valence-electron chi connectivity index (χ1n) is 7.43. The number of amides is 1. The second-order valence-electron chi connectivity index (χ2n) is 5.21. The van der Waals surface area contributed by atoms with Crippen molar-refractivity contribution < 1.29 is 4.79 Å². The summed E-state index contributed by atoms with van der Waals surface area (Å²) >= 11 is 1.81. The lowest BCUT2D eigenvalue weighted by Gasteiger charge is -2.05. The predicted octanol–water partition coefficient (Wildman–Crippen LogP) is 2.63.